The summed E-state index contributed by atoms with van der Waals surface area (Å²) in [6.07, 6.45) is -0.417. The molecule has 0 atom stereocenters. The summed E-state index contributed by atoms with van der Waals surface area (Å²) in [4.78, 5) is 0. The summed E-state index contributed by atoms with van der Waals surface area (Å²) in [5.41, 5.74) is 0. The van der Waals surface area contributed by atoms with E-state index in [0.717, 1.165) is 14.2 Å². The Labute approximate surface area is 98.6 Å². The Morgan fingerprint density at radius 2 is 1.13 bits per heavy atom. The van der Waals surface area contributed by atoms with E-state index in [1.54, 1.807) is 13.8 Å². The molecule has 0 saturated carbocycles. The van der Waals surface area contributed by atoms with Gasteiger partial charge in [-0.05, 0) is 0 Å². The molecule has 5 nitrogen and oxygen atoms in total. The molecule has 0 unspecified atom stereocenters. The molecule has 94 valence electrons. The van der Waals surface area contributed by atoms with Crippen LogP contribution >= 0.6 is 0 Å². The first-order valence-electron chi connectivity index (χ1n) is 4.90. The van der Waals surface area contributed by atoms with Crippen molar-refractivity contribution in [2.24, 2.45) is 0 Å². The zero-order valence-corrected chi connectivity index (χ0v) is 11.3. The Hall–Kier alpha value is 0.514. The van der Waals surface area contributed by atoms with Gasteiger partial charge in [0.05, 0.1) is 0 Å². The fraction of sp³-hybridized carbons (Fsp3) is 1.00. The second-order valence-electron chi connectivity index (χ2n) is 3.22. The minimum atomic E-state index is -1.24. The normalized spacial score (nSPS) is 9.00. The minimum absolute atomic E-state index is 0. The van der Waals surface area contributed by atoms with Crippen LogP contribution in [0.1, 0.15) is 13.8 Å². The van der Waals surface area contributed by atoms with Gasteiger partial charge in [-0.2, -0.15) is 0 Å². The molecule has 6 N–H and O–H groups in total. The average molecular weight is 259 g/mol. The van der Waals surface area contributed by atoms with Crippen molar-refractivity contribution in [3.63, 3.8) is 0 Å². The van der Waals surface area contributed by atoms with Crippen LogP contribution in [0, 0.1) is 0 Å². The fourth-order valence-electron chi connectivity index (χ4n) is 0.849. The van der Waals surface area contributed by atoms with Crippen LogP contribution in [0.15, 0.2) is 0 Å². The number of aliphatic hydroxyl groups excluding tert-OH is 3. The fourth-order valence-corrected chi connectivity index (χ4v) is 3.50. The van der Waals surface area contributed by atoms with Crippen molar-refractivity contribution in [3.05, 3.63) is 0 Å². The Balaban J connectivity index is -0.000000249. The first kappa shape index (κ1) is 20.9. The summed E-state index contributed by atoms with van der Waals surface area (Å²) in [7, 11) is 0. The van der Waals surface area contributed by atoms with Gasteiger partial charge in [0.15, 0.2) is 0 Å². The van der Waals surface area contributed by atoms with Gasteiger partial charge in [-0.1, -0.05) is 13.8 Å². The maximum atomic E-state index is 9.53. The molecule has 0 bridgehead atoms. The summed E-state index contributed by atoms with van der Waals surface area (Å²) in [6, 6.07) is 0. The Kier molecular flexibility index (Phi) is 23.5. The molecule has 0 spiro atoms. The quantitative estimate of drug-likeness (QED) is 0.490. The third-order valence-corrected chi connectivity index (χ3v) is 5.76. The molecule has 0 aliphatic heterocycles. The van der Waals surface area contributed by atoms with Crippen LogP contribution in [0.3, 0.4) is 0 Å². The van der Waals surface area contributed by atoms with Gasteiger partial charge in [0, 0.05) is 0 Å². The molecule has 6 heteroatoms. The number of hydrogen-bond acceptors (Lipinski definition) is 5. The summed E-state index contributed by atoms with van der Waals surface area (Å²) in [5, 5.41) is 35.2. The maximum absolute atomic E-state index is 9.53. The molecule has 0 aromatic rings. The summed E-state index contributed by atoms with van der Waals surface area (Å²) in [6.45, 7) is 3.88. The molecule has 0 aliphatic rings. The van der Waals surface area contributed by atoms with E-state index >= 15 is 0 Å². The van der Waals surface area contributed by atoms with Crippen LogP contribution in [0.25, 0.3) is 0 Å². The topological polar surface area (TPSA) is 119 Å². The van der Waals surface area contributed by atoms with Gasteiger partial charge in [0.1, 0.15) is 0 Å². The molecule has 0 heterocycles. The average Bonchev–Trinajstić information content (AvgIpc) is 2.04. The third-order valence-electron chi connectivity index (χ3n) is 1.40. The van der Waals surface area contributed by atoms with Crippen LogP contribution in [0.2, 0.25) is 14.2 Å². The van der Waals surface area contributed by atoms with Crippen molar-refractivity contribution >= 4 is 0 Å². The first-order valence-corrected chi connectivity index (χ1v) is 8.21. The van der Waals surface area contributed by atoms with E-state index in [-0.39, 0.29) is 26.0 Å². The van der Waals surface area contributed by atoms with Gasteiger partial charge >= 0.3 is 67.2 Å². The number of rotatable bonds is 6. The van der Waals surface area contributed by atoms with Crippen molar-refractivity contribution in [1.29, 1.82) is 0 Å². The first-order chi connectivity index (χ1) is 6.58. The molecule has 0 saturated heterocycles. The van der Waals surface area contributed by atoms with Crippen molar-refractivity contribution in [2.75, 3.05) is 19.8 Å². The van der Waals surface area contributed by atoms with Crippen LogP contribution < -0.4 is 11.3 Å². The molecule has 0 rings (SSSR count). The predicted octanol–water partition coefficient (Wildman–Crippen LogP) is -0.246. The van der Waals surface area contributed by atoms with Crippen LogP contribution in [0.5, 0.6) is 0 Å². The molecular formula is C9H25NO4Ti. The SMILES string of the molecule is CC(C)[O-].N.OC[CH2][Ti+]([CH2]CO)[CH2]CO. The van der Waals surface area contributed by atoms with E-state index < -0.39 is 24.0 Å². The van der Waals surface area contributed by atoms with Crippen molar-refractivity contribution in [2.45, 2.75) is 34.1 Å². The summed E-state index contributed by atoms with van der Waals surface area (Å²) < 4.78 is 2.54. The molecule has 0 aliphatic carbocycles. The molecule has 0 amide bonds. The van der Waals surface area contributed by atoms with Gasteiger partial charge in [0.25, 0.3) is 0 Å². The molecule has 0 fully saturated rings. The van der Waals surface area contributed by atoms with Gasteiger partial charge in [-0.25, -0.2) is 0 Å². The van der Waals surface area contributed by atoms with Gasteiger partial charge in [-0.3, -0.25) is 0 Å². The number of aliphatic hydroxyl groups is 3. The van der Waals surface area contributed by atoms with Crippen LogP contribution in [-0.4, -0.2) is 41.2 Å². The van der Waals surface area contributed by atoms with Crippen LogP contribution in [0.4, 0.5) is 0 Å². The van der Waals surface area contributed by atoms with Crippen molar-refractivity contribution < 1.29 is 38.3 Å². The summed E-state index contributed by atoms with van der Waals surface area (Å²) in [5.74, 6) is 0. The van der Waals surface area contributed by atoms with E-state index in [4.69, 9.17) is 15.3 Å². The zero-order valence-electron chi connectivity index (χ0n) is 9.78. The Bertz CT molecular complexity index is 89.1. The van der Waals surface area contributed by atoms with Crippen molar-refractivity contribution in [1.82, 2.24) is 6.15 Å². The molecule has 0 aromatic heterocycles. The van der Waals surface area contributed by atoms with Gasteiger partial charge < -0.3 is 11.3 Å². The van der Waals surface area contributed by atoms with E-state index in [2.05, 4.69) is 0 Å². The van der Waals surface area contributed by atoms with Crippen LogP contribution in [-0.2, 0) is 17.9 Å². The Morgan fingerprint density at radius 3 is 1.27 bits per heavy atom. The van der Waals surface area contributed by atoms with E-state index in [1.165, 1.54) is 0 Å². The molecule has 0 radical (unpaired) electrons. The third kappa shape index (κ3) is 25.1. The monoisotopic (exact) mass is 259 g/mol. The van der Waals surface area contributed by atoms with E-state index in [9.17, 15) is 5.11 Å². The van der Waals surface area contributed by atoms with Crippen molar-refractivity contribution in [3.8, 4) is 0 Å². The zero-order chi connectivity index (χ0) is 11.4. The second-order valence-corrected chi connectivity index (χ2v) is 7.90. The van der Waals surface area contributed by atoms with Gasteiger partial charge in [-0.15, -0.1) is 6.10 Å². The standard InChI is InChI=1S/C3H7O.3C2H5O.H3N.Ti/c1-3(2)4;3*1-2-3;;/h3H,1-2H3;3*3H,1-2H2;1H3;/q-1;;;;;+1. The summed E-state index contributed by atoms with van der Waals surface area (Å²) >= 11 is -1.24. The molecule has 0 aromatic carbocycles. The van der Waals surface area contributed by atoms with Gasteiger partial charge in [0.2, 0.25) is 0 Å². The molecule has 15 heavy (non-hydrogen) atoms. The Morgan fingerprint density at radius 1 is 0.933 bits per heavy atom. The molecular weight excluding hydrogens is 234 g/mol. The number of hydrogen-bond donors (Lipinski definition) is 4. The van der Waals surface area contributed by atoms with E-state index in [1.807, 2.05) is 0 Å². The second kappa shape index (κ2) is 16.9. The predicted molar refractivity (Wildman–Crippen MR) is 55.8 cm³/mol. The van der Waals surface area contributed by atoms with E-state index in [0.29, 0.717) is 0 Å².